The van der Waals surface area contributed by atoms with Crippen LogP contribution in [-0.2, 0) is 17.5 Å². The average molecular weight is 677 g/mol. The molecule has 0 aliphatic carbocycles. The Kier molecular flexibility index (Phi) is 9.97. The highest BCUT2D eigenvalue weighted by molar-refractivity contribution is 8.00. The number of carbonyl (C=O) groups excluding carboxylic acids is 1. The first-order valence-electron chi connectivity index (χ1n) is 14.0. The molecule has 0 saturated carbocycles. The van der Waals surface area contributed by atoms with Crippen LogP contribution in [0.2, 0.25) is 0 Å². The number of nitrogens with zero attached hydrogens (tertiary/aromatic N) is 4. The zero-order valence-corrected chi connectivity index (χ0v) is 26.9. The van der Waals surface area contributed by atoms with Gasteiger partial charge in [0, 0.05) is 40.9 Å². The van der Waals surface area contributed by atoms with Gasteiger partial charge in [-0.05, 0) is 116 Å². The number of anilines is 1. The fourth-order valence-corrected chi connectivity index (χ4v) is 5.49. The fourth-order valence-electron chi connectivity index (χ4n) is 4.36. The van der Waals surface area contributed by atoms with Crippen molar-refractivity contribution in [2.75, 3.05) is 4.72 Å². The maximum Gasteiger partial charge on any atom is 0.416 e. The summed E-state index contributed by atoms with van der Waals surface area (Å²) in [5, 5.41) is 13.0. The number of alkyl halides is 3. The van der Waals surface area contributed by atoms with Crippen LogP contribution in [0.15, 0.2) is 90.3 Å². The minimum atomic E-state index is -4.63. The molecule has 47 heavy (non-hydrogen) atoms. The Balaban J connectivity index is 1.48. The average Bonchev–Trinajstić information content (AvgIpc) is 3.56. The van der Waals surface area contributed by atoms with Crippen LogP contribution < -0.4 is 14.8 Å². The lowest BCUT2D eigenvalue weighted by Gasteiger charge is -2.20. The van der Waals surface area contributed by atoms with Crippen molar-refractivity contribution in [3.05, 3.63) is 102 Å². The monoisotopic (exact) mass is 676 g/mol. The molecule has 3 aromatic carbocycles. The standard InChI is InChI=1S/C33H27F3N6O3S2/c1-32(2,3)45-31(43)39-18-20-12-23(14-25(13-20)33(34,35)36)22-4-6-29(27(16-22)21-8-10-38-11-9-21)44-28-7-5-26(15-24(28)17-37)46-42-30-40-19-41-47-30/h4-16,19H,18H2,1-3H3,(H,39,43)(H,40,41,42). The predicted molar refractivity (Wildman–Crippen MR) is 174 cm³/mol. The van der Waals surface area contributed by atoms with Crippen molar-refractivity contribution in [3.8, 4) is 39.8 Å². The SMILES string of the molecule is CC(C)(C)OC(=O)NCc1cc(-c2ccc(Oc3ccc(SNc4ncns4)cc3C#N)c(-c3ccncc3)c2)cc(C(F)(F)F)c1. The van der Waals surface area contributed by atoms with Gasteiger partial charge in [0.1, 0.15) is 29.5 Å². The number of hydrogen-bond donors (Lipinski definition) is 2. The Bertz CT molecular complexity index is 1910. The van der Waals surface area contributed by atoms with Gasteiger partial charge in [0.05, 0.1) is 11.1 Å². The molecule has 9 nitrogen and oxygen atoms in total. The quantitative estimate of drug-likeness (QED) is 0.147. The molecule has 2 N–H and O–H groups in total. The first-order chi connectivity index (χ1) is 22.4. The molecule has 240 valence electrons. The van der Waals surface area contributed by atoms with Crippen molar-refractivity contribution in [2.45, 2.75) is 44.0 Å². The smallest absolute Gasteiger partial charge is 0.416 e. The van der Waals surface area contributed by atoms with E-state index in [2.05, 4.69) is 30.4 Å². The maximum absolute atomic E-state index is 14.0. The second kappa shape index (κ2) is 14.1. The summed E-state index contributed by atoms with van der Waals surface area (Å²) in [6.45, 7) is 4.91. The molecule has 2 heterocycles. The van der Waals surface area contributed by atoms with Crippen LogP contribution in [-0.4, -0.2) is 26.0 Å². The summed E-state index contributed by atoms with van der Waals surface area (Å²) in [7, 11) is 0. The second-order valence-corrected chi connectivity index (χ2v) is 12.7. The minimum absolute atomic E-state index is 0.175. The molecular formula is C33H27F3N6O3S2. The zero-order valence-electron chi connectivity index (χ0n) is 25.3. The van der Waals surface area contributed by atoms with Gasteiger partial charge in [-0.3, -0.25) is 4.98 Å². The van der Waals surface area contributed by atoms with E-state index in [4.69, 9.17) is 9.47 Å². The molecule has 14 heteroatoms. The number of halogens is 3. The lowest BCUT2D eigenvalue weighted by atomic mass is 9.95. The van der Waals surface area contributed by atoms with Gasteiger partial charge in [0.2, 0.25) is 5.13 Å². The van der Waals surface area contributed by atoms with E-state index in [0.717, 1.165) is 17.0 Å². The normalized spacial score (nSPS) is 11.4. The van der Waals surface area contributed by atoms with E-state index in [1.807, 2.05) is 0 Å². The Morgan fingerprint density at radius 3 is 2.40 bits per heavy atom. The van der Waals surface area contributed by atoms with Crippen molar-refractivity contribution in [1.82, 2.24) is 19.7 Å². The minimum Gasteiger partial charge on any atom is -0.455 e. The molecule has 0 atom stereocenters. The van der Waals surface area contributed by atoms with Crippen molar-refractivity contribution < 1.29 is 27.4 Å². The van der Waals surface area contributed by atoms with Crippen LogP contribution in [0.1, 0.15) is 37.5 Å². The van der Waals surface area contributed by atoms with Crippen molar-refractivity contribution >= 4 is 34.7 Å². The van der Waals surface area contributed by atoms with Crippen LogP contribution in [0, 0.1) is 11.3 Å². The number of alkyl carbamates (subject to hydrolysis) is 1. The van der Waals surface area contributed by atoms with Crippen LogP contribution in [0.4, 0.5) is 23.1 Å². The van der Waals surface area contributed by atoms with Crippen molar-refractivity contribution in [3.63, 3.8) is 0 Å². The molecule has 2 aromatic heterocycles. The topological polar surface area (TPSA) is 122 Å². The Labute approximate surface area is 277 Å². The van der Waals surface area contributed by atoms with Gasteiger partial charge in [-0.15, -0.1) is 0 Å². The summed E-state index contributed by atoms with van der Waals surface area (Å²) in [5.41, 5.74) is 0.913. The third kappa shape index (κ3) is 8.99. The van der Waals surface area contributed by atoms with Crippen LogP contribution >= 0.6 is 23.5 Å². The number of amides is 1. The van der Waals surface area contributed by atoms with Gasteiger partial charge in [-0.2, -0.15) is 22.8 Å². The highest BCUT2D eigenvalue weighted by Crippen LogP contribution is 2.40. The summed E-state index contributed by atoms with van der Waals surface area (Å²) in [5.74, 6) is 0.674. The summed E-state index contributed by atoms with van der Waals surface area (Å²) < 4.78 is 60.4. The predicted octanol–water partition coefficient (Wildman–Crippen LogP) is 9.09. The van der Waals surface area contributed by atoms with Gasteiger partial charge in [0.25, 0.3) is 0 Å². The third-order valence-electron chi connectivity index (χ3n) is 6.37. The van der Waals surface area contributed by atoms with E-state index in [9.17, 15) is 23.2 Å². The molecule has 0 radical (unpaired) electrons. The Morgan fingerprint density at radius 1 is 0.957 bits per heavy atom. The first-order valence-corrected chi connectivity index (χ1v) is 15.6. The van der Waals surface area contributed by atoms with Crippen molar-refractivity contribution in [2.24, 2.45) is 0 Å². The maximum atomic E-state index is 14.0. The molecule has 0 unspecified atom stereocenters. The fraction of sp³-hybridized carbons (Fsp3) is 0.182. The molecule has 0 aliphatic rings. The number of hydrogen-bond acceptors (Lipinski definition) is 10. The van der Waals surface area contributed by atoms with Gasteiger partial charge in [-0.25, -0.2) is 9.78 Å². The summed E-state index contributed by atoms with van der Waals surface area (Å²) >= 11 is 2.47. The number of benzene rings is 3. The van der Waals surface area contributed by atoms with Crippen LogP contribution in [0.3, 0.4) is 0 Å². The number of carbonyl (C=O) groups is 1. The van der Waals surface area contributed by atoms with Crippen LogP contribution in [0.5, 0.6) is 11.5 Å². The number of nitriles is 1. The summed E-state index contributed by atoms with van der Waals surface area (Å²) in [6.07, 6.45) is -0.748. The third-order valence-corrected chi connectivity index (χ3v) is 7.86. The molecule has 5 aromatic rings. The molecule has 1 amide bonds. The molecule has 0 fully saturated rings. The second-order valence-electron chi connectivity index (χ2n) is 11.0. The van der Waals surface area contributed by atoms with Crippen molar-refractivity contribution in [1.29, 1.82) is 5.26 Å². The number of pyridine rings is 1. The summed E-state index contributed by atoms with van der Waals surface area (Å²) in [6, 6.07) is 19.4. The molecule has 0 spiro atoms. The number of aromatic nitrogens is 3. The summed E-state index contributed by atoms with van der Waals surface area (Å²) in [4.78, 5) is 21.1. The van der Waals surface area contributed by atoms with E-state index in [-0.39, 0.29) is 23.2 Å². The molecule has 0 bridgehead atoms. The van der Waals surface area contributed by atoms with E-state index < -0.39 is 23.4 Å². The number of ether oxygens (including phenoxy) is 2. The lowest BCUT2D eigenvalue weighted by molar-refractivity contribution is -0.137. The highest BCUT2D eigenvalue weighted by Gasteiger charge is 2.31. The van der Waals surface area contributed by atoms with E-state index >= 15 is 0 Å². The molecular weight excluding hydrogens is 650 g/mol. The molecule has 0 aliphatic heterocycles. The molecule has 5 rings (SSSR count). The highest BCUT2D eigenvalue weighted by atomic mass is 32.2. The van der Waals surface area contributed by atoms with E-state index in [1.165, 1.54) is 29.8 Å². The number of nitrogens with one attached hydrogen (secondary N) is 2. The lowest BCUT2D eigenvalue weighted by Crippen LogP contribution is -2.32. The van der Waals surface area contributed by atoms with Gasteiger partial charge >= 0.3 is 12.3 Å². The molecule has 0 saturated heterocycles. The van der Waals surface area contributed by atoms with Crippen LogP contribution in [0.25, 0.3) is 22.3 Å². The zero-order chi connectivity index (χ0) is 33.6. The van der Waals surface area contributed by atoms with Gasteiger partial charge in [0.15, 0.2) is 0 Å². The largest absolute Gasteiger partial charge is 0.455 e. The van der Waals surface area contributed by atoms with Gasteiger partial charge < -0.3 is 19.5 Å². The first kappa shape index (κ1) is 33.2. The van der Waals surface area contributed by atoms with E-state index in [1.54, 1.807) is 87.8 Å². The number of rotatable bonds is 9. The Morgan fingerprint density at radius 2 is 1.72 bits per heavy atom. The van der Waals surface area contributed by atoms with Gasteiger partial charge in [-0.1, -0.05) is 6.07 Å². The Hall–Kier alpha value is -5.13. The van der Waals surface area contributed by atoms with E-state index in [0.29, 0.717) is 33.3 Å².